The van der Waals surface area contributed by atoms with Gasteiger partial charge in [0.1, 0.15) is 5.75 Å². The Kier molecular flexibility index (Phi) is 6.38. The van der Waals surface area contributed by atoms with Gasteiger partial charge in [-0.3, -0.25) is 0 Å². The summed E-state index contributed by atoms with van der Waals surface area (Å²) in [6.45, 7) is 5.23. The molecule has 0 saturated heterocycles. The lowest BCUT2D eigenvalue weighted by Gasteiger charge is -2.14. The monoisotopic (exact) mass is 425 g/mol. The second-order valence-electron chi connectivity index (χ2n) is 7.62. The van der Waals surface area contributed by atoms with Crippen molar-refractivity contribution in [3.8, 4) is 5.75 Å². The lowest BCUT2D eigenvalue weighted by molar-refractivity contribution is -0.255. The number of hydrogen-bond acceptors (Lipinski definition) is 4. The number of hydrogen-bond donors (Lipinski definition) is 1. The van der Waals surface area contributed by atoms with Crippen molar-refractivity contribution >= 4 is 22.9 Å². The van der Waals surface area contributed by atoms with Gasteiger partial charge in [0.15, 0.2) is 0 Å². The normalized spacial score (nSPS) is 10.9. The molecule has 0 unspecified atom stereocenters. The zero-order valence-corrected chi connectivity index (χ0v) is 18.0. The molecule has 0 fully saturated rings. The van der Waals surface area contributed by atoms with Crippen LogP contribution in [0.15, 0.2) is 79.4 Å². The minimum atomic E-state index is -1.20. The van der Waals surface area contributed by atoms with Gasteiger partial charge in [-0.1, -0.05) is 67.3 Å². The van der Waals surface area contributed by atoms with Gasteiger partial charge in [-0.15, -0.1) is 0 Å². The minimum absolute atomic E-state index is 0.182. The SMILES string of the molecule is C=Cc1ccc(Cn2c(C(=O)[O-])c(CNCc3ccccc3)c3ccc(OC)cc32)cc1. The highest BCUT2D eigenvalue weighted by atomic mass is 16.5. The van der Waals surface area contributed by atoms with Gasteiger partial charge in [0.05, 0.1) is 24.3 Å². The van der Waals surface area contributed by atoms with Gasteiger partial charge in [-0.2, -0.15) is 0 Å². The van der Waals surface area contributed by atoms with Crippen LogP contribution in [0.25, 0.3) is 17.0 Å². The Hall–Kier alpha value is -3.83. The quantitative estimate of drug-likeness (QED) is 0.440. The number of ether oxygens (including phenoxy) is 1. The Morgan fingerprint density at radius 1 is 1.03 bits per heavy atom. The highest BCUT2D eigenvalue weighted by Gasteiger charge is 2.19. The third-order valence-corrected chi connectivity index (χ3v) is 5.60. The number of rotatable bonds is 9. The first-order valence-corrected chi connectivity index (χ1v) is 10.5. The summed E-state index contributed by atoms with van der Waals surface area (Å²) in [5.74, 6) is -0.522. The first kappa shape index (κ1) is 21.4. The largest absolute Gasteiger partial charge is 0.543 e. The smallest absolute Gasteiger partial charge is 0.120 e. The molecule has 0 aliphatic heterocycles. The first-order chi connectivity index (χ1) is 15.6. The molecule has 162 valence electrons. The molecule has 0 spiro atoms. The number of nitrogens with one attached hydrogen (secondary N) is 1. The van der Waals surface area contributed by atoms with Crippen LogP contribution in [0.2, 0.25) is 0 Å². The molecular weight excluding hydrogens is 400 g/mol. The molecule has 4 rings (SSSR count). The van der Waals surface area contributed by atoms with E-state index in [4.69, 9.17) is 4.74 Å². The molecule has 3 aromatic carbocycles. The average Bonchev–Trinajstić information content (AvgIpc) is 3.13. The second kappa shape index (κ2) is 9.54. The molecule has 32 heavy (non-hydrogen) atoms. The van der Waals surface area contributed by atoms with Gasteiger partial charge in [0, 0.05) is 36.7 Å². The van der Waals surface area contributed by atoms with Gasteiger partial charge in [-0.05, 0) is 28.8 Å². The van der Waals surface area contributed by atoms with Gasteiger partial charge in [0.2, 0.25) is 0 Å². The van der Waals surface area contributed by atoms with Gasteiger partial charge < -0.3 is 24.5 Å². The number of carbonyl (C=O) groups excluding carboxylic acids is 1. The summed E-state index contributed by atoms with van der Waals surface area (Å²) in [7, 11) is 1.60. The van der Waals surface area contributed by atoms with E-state index in [0.29, 0.717) is 30.9 Å². The Morgan fingerprint density at radius 3 is 2.44 bits per heavy atom. The predicted octanol–water partition coefficient (Wildman–Crippen LogP) is 3.99. The highest BCUT2D eigenvalue weighted by Crippen LogP contribution is 2.30. The fraction of sp³-hybridized carbons (Fsp3) is 0.148. The fourth-order valence-electron chi connectivity index (χ4n) is 3.97. The van der Waals surface area contributed by atoms with Crippen molar-refractivity contribution in [1.82, 2.24) is 9.88 Å². The van der Waals surface area contributed by atoms with Crippen LogP contribution < -0.4 is 15.2 Å². The Bertz CT molecular complexity index is 1240. The number of carboxylic acids is 1. The van der Waals surface area contributed by atoms with E-state index in [-0.39, 0.29) is 5.69 Å². The maximum Gasteiger partial charge on any atom is 0.120 e. The summed E-state index contributed by atoms with van der Waals surface area (Å²) in [6.07, 6.45) is 1.78. The van der Waals surface area contributed by atoms with E-state index >= 15 is 0 Å². The molecule has 0 bridgehead atoms. The van der Waals surface area contributed by atoms with Crippen LogP contribution in [0.3, 0.4) is 0 Å². The standard InChI is InChI=1S/C27H26N2O3/c1-3-19-9-11-21(12-10-19)18-29-25-15-22(32-2)13-14-23(25)24(26(29)27(30)31)17-28-16-20-7-5-4-6-8-20/h3-15,28H,1,16-18H2,2H3,(H,30,31)/p-1. The van der Waals surface area contributed by atoms with Gasteiger partial charge in [-0.25, -0.2) is 0 Å². The van der Waals surface area contributed by atoms with Crippen LogP contribution in [0.4, 0.5) is 0 Å². The first-order valence-electron chi connectivity index (χ1n) is 10.5. The molecule has 1 N–H and O–H groups in total. The van der Waals surface area contributed by atoms with E-state index in [1.807, 2.05) is 72.8 Å². The number of aromatic nitrogens is 1. The topological polar surface area (TPSA) is 66.3 Å². The number of benzene rings is 3. The Balaban J connectivity index is 1.75. The number of aromatic carboxylic acids is 1. The van der Waals surface area contributed by atoms with Crippen molar-refractivity contribution < 1.29 is 14.6 Å². The van der Waals surface area contributed by atoms with Crippen molar-refractivity contribution in [3.05, 3.63) is 107 Å². The minimum Gasteiger partial charge on any atom is -0.543 e. The number of fused-ring (bicyclic) bond motifs is 1. The lowest BCUT2D eigenvalue weighted by Crippen LogP contribution is -2.28. The molecular formula is C27H25N2O3-. The van der Waals surface area contributed by atoms with E-state index in [9.17, 15) is 9.90 Å². The molecule has 5 nitrogen and oxygen atoms in total. The number of carbonyl (C=O) groups is 1. The zero-order valence-electron chi connectivity index (χ0n) is 18.0. The Morgan fingerprint density at radius 2 is 1.78 bits per heavy atom. The summed E-state index contributed by atoms with van der Waals surface area (Å²) in [6, 6.07) is 23.6. The molecule has 0 amide bonds. The van der Waals surface area contributed by atoms with E-state index in [1.54, 1.807) is 17.8 Å². The van der Waals surface area contributed by atoms with Crippen molar-refractivity contribution in [2.24, 2.45) is 0 Å². The van der Waals surface area contributed by atoms with Crippen molar-refractivity contribution in [2.45, 2.75) is 19.6 Å². The van der Waals surface area contributed by atoms with Crippen LogP contribution >= 0.6 is 0 Å². The van der Waals surface area contributed by atoms with Crippen LogP contribution in [0.5, 0.6) is 5.75 Å². The summed E-state index contributed by atoms with van der Waals surface area (Å²) >= 11 is 0. The molecule has 0 radical (unpaired) electrons. The van der Waals surface area contributed by atoms with Crippen molar-refractivity contribution in [1.29, 1.82) is 0 Å². The highest BCUT2D eigenvalue weighted by molar-refractivity contribution is 5.98. The molecule has 0 aliphatic carbocycles. The molecule has 0 atom stereocenters. The van der Waals surface area contributed by atoms with Crippen LogP contribution in [-0.2, 0) is 19.6 Å². The average molecular weight is 426 g/mol. The molecule has 4 aromatic rings. The van der Waals surface area contributed by atoms with Gasteiger partial charge >= 0.3 is 0 Å². The van der Waals surface area contributed by atoms with E-state index in [0.717, 1.165) is 27.6 Å². The van der Waals surface area contributed by atoms with Gasteiger partial charge in [0.25, 0.3) is 0 Å². The summed E-state index contributed by atoms with van der Waals surface area (Å²) in [5.41, 5.74) is 4.83. The van der Waals surface area contributed by atoms with Crippen LogP contribution in [-0.4, -0.2) is 17.6 Å². The fourth-order valence-corrected chi connectivity index (χ4v) is 3.97. The van der Waals surface area contributed by atoms with Crippen LogP contribution in [0.1, 0.15) is 32.7 Å². The number of nitrogens with zero attached hydrogens (tertiary/aromatic N) is 1. The molecule has 0 aliphatic rings. The number of methoxy groups -OCH3 is 1. The zero-order chi connectivity index (χ0) is 22.5. The molecule has 1 aromatic heterocycles. The van der Waals surface area contributed by atoms with E-state index < -0.39 is 5.97 Å². The van der Waals surface area contributed by atoms with E-state index in [2.05, 4.69) is 11.9 Å². The van der Waals surface area contributed by atoms with Crippen molar-refractivity contribution in [2.75, 3.05) is 7.11 Å². The summed E-state index contributed by atoms with van der Waals surface area (Å²) in [4.78, 5) is 12.3. The third-order valence-electron chi connectivity index (χ3n) is 5.60. The molecule has 5 heteroatoms. The molecule has 1 heterocycles. The second-order valence-corrected chi connectivity index (χ2v) is 7.62. The lowest BCUT2D eigenvalue weighted by atomic mass is 10.1. The van der Waals surface area contributed by atoms with E-state index in [1.165, 1.54) is 0 Å². The number of carboxylic acid groups (broad SMARTS) is 1. The third kappa shape index (κ3) is 4.43. The predicted molar refractivity (Wildman–Crippen MR) is 125 cm³/mol. The van der Waals surface area contributed by atoms with Crippen LogP contribution in [0, 0.1) is 0 Å². The maximum absolute atomic E-state index is 12.3. The van der Waals surface area contributed by atoms with Crippen molar-refractivity contribution in [3.63, 3.8) is 0 Å². The maximum atomic E-state index is 12.3. The summed E-state index contributed by atoms with van der Waals surface area (Å²) < 4.78 is 7.20. The Labute approximate surface area is 187 Å². The molecule has 0 saturated carbocycles. The summed E-state index contributed by atoms with van der Waals surface area (Å²) in [5, 5.41) is 16.5.